The SMILES string of the molecule is CCCNC(C)c1ccc(N2CC(C)CCC2C)cn1. The number of aromatic nitrogens is 1. The van der Waals surface area contributed by atoms with Gasteiger partial charge in [0.05, 0.1) is 17.6 Å². The zero-order chi connectivity index (χ0) is 14.5. The molecule has 0 aliphatic carbocycles. The summed E-state index contributed by atoms with van der Waals surface area (Å²) in [5.41, 5.74) is 2.41. The van der Waals surface area contributed by atoms with Crippen LogP contribution < -0.4 is 10.2 Å². The number of piperidine rings is 1. The van der Waals surface area contributed by atoms with Gasteiger partial charge >= 0.3 is 0 Å². The molecule has 1 aromatic heterocycles. The molecule has 0 radical (unpaired) electrons. The summed E-state index contributed by atoms with van der Waals surface area (Å²) >= 11 is 0. The van der Waals surface area contributed by atoms with Gasteiger partial charge in [0.1, 0.15) is 0 Å². The van der Waals surface area contributed by atoms with Crippen molar-refractivity contribution in [2.24, 2.45) is 5.92 Å². The Hall–Kier alpha value is -1.09. The molecule has 2 rings (SSSR count). The maximum Gasteiger partial charge on any atom is 0.0572 e. The van der Waals surface area contributed by atoms with Crippen molar-refractivity contribution >= 4 is 5.69 Å². The van der Waals surface area contributed by atoms with Crippen molar-refractivity contribution in [3.8, 4) is 0 Å². The Kier molecular flexibility index (Phi) is 5.41. The van der Waals surface area contributed by atoms with E-state index in [-0.39, 0.29) is 0 Å². The van der Waals surface area contributed by atoms with Crippen molar-refractivity contribution in [2.75, 3.05) is 18.0 Å². The van der Waals surface area contributed by atoms with Gasteiger partial charge in [-0.2, -0.15) is 0 Å². The van der Waals surface area contributed by atoms with Crippen LogP contribution in [0.1, 0.15) is 58.7 Å². The molecule has 112 valence electrons. The van der Waals surface area contributed by atoms with Gasteiger partial charge in [-0.3, -0.25) is 4.98 Å². The Morgan fingerprint density at radius 2 is 2.15 bits per heavy atom. The van der Waals surface area contributed by atoms with Crippen LogP contribution in [0, 0.1) is 5.92 Å². The summed E-state index contributed by atoms with van der Waals surface area (Å²) in [4.78, 5) is 7.17. The number of nitrogens with zero attached hydrogens (tertiary/aromatic N) is 2. The van der Waals surface area contributed by atoms with Crippen molar-refractivity contribution < 1.29 is 0 Å². The monoisotopic (exact) mass is 275 g/mol. The molecule has 3 nitrogen and oxygen atoms in total. The van der Waals surface area contributed by atoms with E-state index in [1.54, 1.807) is 0 Å². The molecule has 0 aromatic carbocycles. The first-order chi connectivity index (χ1) is 9.61. The average Bonchev–Trinajstić information content (AvgIpc) is 2.47. The predicted octanol–water partition coefficient (Wildman–Crippen LogP) is 3.77. The van der Waals surface area contributed by atoms with Crippen LogP contribution in [0.15, 0.2) is 18.3 Å². The molecular weight excluding hydrogens is 246 g/mol. The lowest BCUT2D eigenvalue weighted by molar-refractivity contribution is 0.390. The zero-order valence-electron chi connectivity index (χ0n) is 13.4. The standard InChI is InChI=1S/C17H29N3/c1-5-10-18-15(4)17-9-8-16(11-19-17)20-12-13(2)6-7-14(20)3/h8-9,11,13-15,18H,5-7,10,12H2,1-4H3. The normalized spacial score (nSPS) is 24.7. The minimum absolute atomic E-state index is 0.335. The summed E-state index contributed by atoms with van der Waals surface area (Å²) in [6, 6.07) is 5.38. The predicted molar refractivity (Wildman–Crippen MR) is 86.2 cm³/mol. The third kappa shape index (κ3) is 3.72. The third-order valence-electron chi connectivity index (χ3n) is 4.36. The average molecular weight is 275 g/mol. The van der Waals surface area contributed by atoms with Crippen molar-refractivity contribution in [1.29, 1.82) is 0 Å². The van der Waals surface area contributed by atoms with E-state index in [4.69, 9.17) is 0 Å². The fourth-order valence-electron chi connectivity index (χ4n) is 2.94. The van der Waals surface area contributed by atoms with Crippen molar-refractivity contribution in [2.45, 2.75) is 59.0 Å². The molecule has 1 aliphatic heterocycles. The van der Waals surface area contributed by atoms with E-state index in [9.17, 15) is 0 Å². The number of pyridine rings is 1. The second-order valence-electron chi connectivity index (χ2n) is 6.30. The molecule has 0 bridgehead atoms. The smallest absolute Gasteiger partial charge is 0.0572 e. The van der Waals surface area contributed by atoms with Gasteiger partial charge in [0.25, 0.3) is 0 Å². The molecule has 2 heterocycles. The lowest BCUT2D eigenvalue weighted by atomic mass is 9.94. The third-order valence-corrected chi connectivity index (χ3v) is 4.36. The van der Waals surface area contributed by atoms with Crippen LogP contribution >= 0.6 is 0 Å². The second-order valence-corrected chi connectivity index (χ2v) is 6.30. The molecule has 1 fully saturated rings. The highest BCUT2D eigenvalue weighted by molar-refractivity contribution is 5.46. The maximum absolute atomic E-state index is 4.66. The minimum Gasteiger partial charge on any atom is -0.367 e. The van der Waals surface area contributed by atoms with Gasteiger partial charge in [-0.15, -0.1) is 0 Å². The van der Waals surface area contributed by atoms with E-state index in [1.165, 1.54) is 18.5 Å². The Balaban J connectivity index is 2.03. The van der Waals surface area contributed by atoms with Crippen molar-refractivity contribution in [3.05, 3.63) is 24.0 Å². The molecule has 0 amide bonds. The van der Waals surface area contributed by atoms with Crippen molar-refractivity contribution in [3.63, 3.8) is 0 Å². The lowest BCUT2D eigenvalue weighted by Crippen LogP contribution is -2.41. The number of hydrogen-bond acceptors (Lipinski definition) is 3. The van der Waals surface area contributed by atoms with E-state index < -0.39 is 0 Å². The molecule has 20 heavy (non-hydrogen) atoms. The Labute approximate surface area is 123 Å². The second kappa shape index (κ2) is 7.07. The van der Waals surface area contributed by atoms with Gasteiger partial charge in [0.2, 0.25) is 0 Å². The van der Waals surface area contributed by atoms with Crippen LogP contribution in [0.25, 0.3) is 0 Å². The summed E-state index contributed by atoms with van der Waals surface area (Å²) in [6.07, 6.45) is 5.85. The van der Waals surface area contributed by atoms with Crippen LogP contribution in [0.5, 0.6) is 0 Å². The highest BCUT2D eigenvalue weighted by atomic mass is 15.2. The molecule has 1 aromatic rings. The van der Waals surface area contributed by atoms with Gasteiger partial charge in [-0.05, 0) is 57.7 Å². The van der Waals surface area contributed by atoms with Gasteiger partial charge in [0.15, 0.2) is 0 Å². The Bertz CT molecular complexity index is 401. The fraction of sp³-hybridized carbons (Fsp3) is 0.706. The van der Waals surface area contributed by atoms with Gasteiger partial charge in [-0.1, -0.05) is 13.8 Å². The van der Waals surface area contributed by atoms with Gasteiger partial charge in [-0.25, -0.2) is 0 Å². The zero-order valence-corrected chi connectivity index (χ0v) is 13.4. The van der Waals surface area contributed by atoms with Crippen LogP contribution in [-0.4, -0.2) is 24.1 Å². The number of nitrogens with one attached hydrogen (secondary N) is 1. The maximum atomic E-state index is 4.66. The first-order valence-electron chi connectivity index (χ1n) is 8.07. The molecular formula is C17H29N3. The van der Waals surface area contributed by atoms with E-state index in [2.05, 4.69) is 55.0 Å². The van der Waals surface area contributed by atoms with Gasteiger partial charge in [0, 0.05) is 18.6 Å². The molecule has 1 saturated heterocycles. The lowest BCUT2D eigenvalue weighted by Gasteiger charge is -2.38. The number of rotatable bonds is 5. The number of anilines is 1. The summed E-state index contributed by atoms with van der Waals surface area (Å²) in [7, 11) is 0. The molecule has 1 N–H and O–H groups in total. The number of hydrogen-bond donors (Lipinski definition) is 1. The summed E-state index contributed by atoms with van der Waals surface area (Å²) in [5, 5.41) is 3.49. The topological polar surface area (TPSA) is 28.2 Å². The Morgan fingerprint density at radius 1 is 1.35 bits per heavy atom. The molecule has 3 heteroatoms. The van der Waals surface area contributed by atoms with E-state index in [1.807, 2.05) is 6.20 Å². The van der Waals surface area contributed by atoms with E-state index in [0.717, 1.165) is 31.1 Å². The van der Waals surface area contributed by atoms with Crippen LogP contribution in [0.4, 0.5) is 5.69 Å². The molecule has 0 saturated carbocycles. The van der Waals surface area contributed by atoms with Gasteiger partial charge < -0.3 is 10.2 Å². The quantitative estimate of drug-likeness (QED) is 0.886. The Morgan fingerprint density at radius 3 is 2.80 bits per heavy atom. The highest BCUT2D eigenvalue weighted by Crippen LogP contribution is 2.27. The molecule has 0 spiro atoms. The van der Waals surface area contributed by atoms with Crippen LogP contribution in [-0.2, 0) is 0 Å². The van der Waals surface area contributed by atoms with E-state index in [0.29, 0.717) is 12.1 Å². The van der Waals surface area contributed by atoms with Crippen LogP contribution in [0.2, 0.25) is 0 Å². The first-order valence-corrected chi connectivity index (χ1v) is 8.07. The largest absolute Gasteiger partial charge is 0.367 e. The van der Waals surface area contributed by atoms with Crippen molar-refractivity contribution in [1.82, 2.24) is 10.3 Å². The molecule has 3 atom stereocenters. The highest BCUT2D eigenvalue weighted by Gasteiger charge is 2.23. The summed E-state index contributed by atoms with van der Waals surface area (Å²) in [5.74, 6) is 0.788. The van der Waals surface area contributed by atoms with Crippen LogP contribution in [0.3, 0.4) is 0 Å². The van der Waals surface area contributed by atoms with E-state index >= 15 is 0 Å². The fourth-order valence-corrected chi connectivity index (χ4v) is 2.94. The first kappa shape index (κ1) is 15.3. The summed E-state index contributed by atoms with van der Waals surface area (Å²) in [6.45, 7) is 11.2. The summed E-state index contributed by atoms with van der Waals surface area (Å²) < 4.78 is 0. The molecule has 1 aliphatic rings. The minimum atomic E-state index is 0.335. The molecule has 3 unspecified atom stereocenters.